The second-order valence-corrected chi connectivity index (χ2v) is 8.93. The molecule has 174 valence electrons. The maximum Gasteiger partial charge on any atom is 0.418 e. The van der Waals surface area contributed by atoms with Gasteiger partial charge in [0, 0.05) is 5.41 Å². The fraction of sp³-hybridized carbons (Fsp3) is 0.286. The van der Waals surface area contributed by atoms with Gasteiger partial charge in [-0.2, -0.15) is 0 Å². The Morgan fingerprint density at radius 2 is 1.62 bits per heavy atom. The standard InChI is InChI=1S/C28H27NO5/c30-26(31)19-34-25-13-7-12-24-23(25)15-14-20-18-28(20,24)16-17-33-27(32)29(21-8-3-1-4-9-21)22-10-5-2-6-11-22/h1-13,20H,14-19H2,(H,30,31). The molecule has 2 unspecified atom stereocenters. The highest BCUT2D eigenvalue weighted by molar-refractivity contribution is 5.95. The first kappa shape index (κ1) is 22.0. The molecular formula is C28H27NO5. The second-order valence-electron chi connectivity index (χ2n) is 8.93. The number of benzene rings is 3. The Balaban J connectivity index is 1.30. The summed E-state index contributed by atoms with van der Waals surface area (Å²) in [5, 5.41) is 8.99. The van der Waals surface area contributed by atoms with Gasteiger partial charge in [0.15, 0.2) is 6.61 Å². The lowest BCUT2D eigenvalue weighted by Gasteiger charge is -2.28. The van der Waals surface area contributed by atoms with E-state index in [2.05, 4.69) is 6.07 Å². The molecule has 0 bridgehead atoms. The molecule has 2 aliphatic carbocycles. The Hall–Kier alpha value is -3.80. The minimum Gasteiger partial charge on any atom is -0.482 e. The van der Waals surface area contributed by atoms with Crippen LogP contribution in [0.3, 0.4) is 0 Å². The second kappa shape index (κ2) is 9.21. The molecule has 2 atom stereocenters. The first-order chi connectivity index (χ1) is 16.6. The van der Waals surface area contributed by atoms with Crippen molar-refractivity contribution in [2.24, 2.45) is 5.92 Å². The van der Waals surface area contributed by atoms with Crippen LogP contribution in [-0.4, -0.2) is 30.4 Å². The Morgan fingerprint density at radius 1 is 0.941 bits per heavy atom. The summed E-state index contributed by atoms with van der Waals surface area (Å²) >= 11 is 0. The van der Waals surface area contributed by atoms with Crippen LogP contribution in [0, 0.1) is 5.92 Å². The third-order valence-corrected chi connectivity index (χ3v) is 6.98. The zero-order valence-corrected chi connectivity index (χ0v) is 18.9. The summed E-state index contributed by atoms with van der Waals surface area (Å²) in [5.74, 6) is 0.231. The highest BCUT2D eigenvalue weighted by atomic mass is 16.6. The molecule has 1 fully saturated rings. The van der Waals surface area contributed by atoms with Crippen LogP contribution < -0.4 is 9.64 Å². The fourth-order valence-electron chi connectivity index (χ4n) is 5.31. The van der Waals surface area contributed by atoms with Crippen molar-refractivity contribution >= 4 is 23.4 Å². The van der Waals surface area contributed by atoms with Gasteiger partial charge in [-0.05, 0) is 73.1 Å². The van der Waals surface area contributed by atoms with Gasteiger partial charge in [-0.1, -0.05) is 48.5 Å². The number of carboxylic acid groups (broad SMARTS) is 1. The lowest BCUT2D eigenvalue weighted by Crippen LogP contribution is -2.28. The lowest BCUT2D eigenvalue weighted by atomic mass is 9.80. The summed E-state index contributed by atoms with van der Waals surface area (Å²) in [6, 6.07) is 24.9. The van der Waals surface area contributed by atoms with Crippen LogP contribution in [-0.2, 0) is 21.4 Å². The van der Waals surface area contributed by atoms with Gasteiger partial charge in [-0.25, -0.2) is 14.5 Å². The third kappa shape index (κ3) is 4.23. The molecule has 1 amide bonds. The fourth-order valence-corrected chi connectivity index (χ4v) is 5.31. The Bertz CT molecular complexity index is 1140. The molecule has 0 spiro atoms. The van der Waals surface area contributed by atoms with E-state index in [-0.39, 0.29) is 12.0 Å². The Morgan fingerprint density at radius 3 is 2.26 bits per heavy atom. The SMILES string of the molecule is O=C(O)COc1cccc2c1CCC1CC21CCOC(=O)N(c1ccccc1)c1ccccc1. The largest absolute Gasteiger partial charge is 0.482 e. The number of carbonyl (C=O) groups excluding carboxylic acids is 1. The van der Waals surface area contributed by atoms with Gasteiger partial charge in [0.25, 0.3) is 0 Å². The van der Waals surface area contributed by atoms with Gasteiger partial charge in [0.1, 0.15) is 5.75 Å². The van der Waals surface area contributed by atoms with Crippen molar-refractivity contribution in [2.75, 3.05) is 18.1 Å². The van der Waals surface area contributed by atoms with Crippen molar-refractivity contribution in [3.63, 3.8) is 0 Å². The monoisotopic (exact) mass is 457 g/mol. The van der Waals surface area contributed by atoms with Crippen molar-refractivity contribution in [3.05, 3.63) is 90.0 Å². The van der Waals surface area contributed by atoms with Gasteiger partial charge in [-0.3, -0.25) is 0 Å². The number of amides is 1. The van der Waals surface area contributed by atoms with E-state index >= 15 is 0 Å². The average Bonchev–Trinajstić information content (AvgIpc) is 3.59. The van der Waals surface area contributed by atoms with Crippen LogP contribution in [0.25, 0.3) is 0 Å². The zero-order chi connectivity index (χ0) is 23.5. The maximum atomic E-state index is 13.2. The molecular weight excluding hydrogens is 430 g/mol. The zero-order valence-electron chi connectivity index (χ0n) is 18.9. The van der Waals surface area contributed by atoms with E-state index in [4.69, 9.17) is 14.6 Å². The van der Waals surface area contributed by atoms with Gasteiger partial charge in [-0.15, -0.1) is 0 Å². The number of para-hydroxylation sites is 2. The van der Waals surface area contributed by atoms with Crippen molar-refractivity contribution in [1.82, 2.24) is 0 Å². The number of fused-ring (bicyclic) bond motifs is 3. The van der Waals surface area contributed by atoms with Gasteiger partial charge in [0.05, 0.1) is 18.0 Å². The number of carbonyl (C=O) groups is 2. The number of hydrogen-bond acceptors (Lipinski definition) is 4. The van der Waals surface area contributed by atoms with Gasteiger partial charge >= 0.3 is 12.1 Å². The first-order valence-electron chi connectivity index (χ1n) is 11.6. The summed E-state index contributed by atoms with van der Waals surface area (Å²) in [4.78, 5) is 25.7. The smallest absolute Gasteiger partial charge is 0.418 e. The summed E-state index contributed by atoms with van der Waals surface area (Å²) < 4.78 is 11.4. The van der Waals surface area contributed by atoms with Crippen LogP contribution in [0.4, 0.5) is 16.2 Å². The highest BCUT2D eigenvalue weighted by Gasteiger charge is 2.57. The summed E-state index contributed by atoms with van der Waals surface area (Å²) in [6.45, 7) is -0.0372. The number of carboxylic acids is 1. The molecule has 6 nitrogen and oxygen atoms in total. The van der Waals surface area contributed by atoms with E-state index in [1.54, 1.807) is 4.90 Å². The van der Waals surface area contributed by atoms with E-state index in [1.165, 1.54) is 5.56 Å². The molecule has 0 saturated heterocycles. The molecule has 5 rings (SSSR count). The third-order valence-electron chi connectivity index (χ3n) is 6.98. The number of ether oxygens (including phenoxy) is 2. The van der Waals surface area contributed by atoms with Crippen LogP contribution >= 0.6 is 0 Å². The molecule has 0 aromatic heterocycles. The molecule has 3 aromatic rings. The predicted molar refractivity (Wildman–Crippen MR) is 129 cm³/mol. The normalized spacial score (nSPS) is 19.9. The molecule has 1 N–H and O–H groups in total. The Kier molecular flexibility index (Phi) is 5.97. The summed E-state index contributed by atoms with van der Waals surface area (Å²) in [6.07, 6.45) is 3.30. The van der Waals surface area contributed by atoms with E-state index in [0.717, 1.165) is 42.6 Å². The van der Waals surface area contributed by atoms with Gasteiger partial charge < -0.3 is 14.6 Å². The molecule has 6 heteroatoms. The van der Waals surface area contributed by atoms with E-state index in [0.29, 0.717) is 18.3 Å². The minimum absolute atomic E-state index is 0.0270. The van der Waals surface area contributed by atoms with Gasteiger partial charge in [0.2, 0.25) is 0 Å². The predicted octanol–water partition coefficient (Wildman–Crippen LogP) is 5.72. The number of anilines is 2. The number of aliphatic carboxylic acids is 1. The molecule has 0 aliphatic heterocycles. The van der Waals surface area contributed by atoms with E-state index in [9.17, 15) is 9.59 Å². The average molecular weight is 458 g/mol. The van der Waals surface area contributed by atoms with E-state index in [1.807, 2.05) is 72.8 Å². The van der Waals surface area contributed by atoms with Crippen LogP contribution in [0.15, 0.2) is 78.9 Å². The first-order valence-corrected chi connectivity index (χ1v) is 11.6. The molecule has 3 aromatic carbocycles. The quantitative estimate of drug-likeness (QED) is 0.468. The van der Waals surface area contributed by atoms with Crippen molar-refractivity contribution in [1.29, 1.82) is 0 Å². The topological polar surface area (TPSA) is 76.1 Å². The van der Waals surface area contributed by atoms with Crippen molar-refractivity contribution in [2.45, 2.75) is 31.1 Å². The highest BCUT2D eigenvalue weighted by Crippen LogP contribution is 2.63. The lowest BCUT2D eigenvalue weighted by molar-refractivity contribution is -0.139. The van der Waals surface area contributed by atoms with Crippen LogP contribution in [0.1, 0.15) is 30.4 Å². The van der Waals surface area contributed by atoms with E-state index < -0.39 is 12.1 Å². The molecule has 0 heterocycles. The molecule has 1 saturated carbocycles. The van der Waals surface area contributed by atoms with Crippen molar-refractivity contribution in [3.8, 4) is 5.75 Å². The molecule has 0 radical (unpaired) electrons. The Labute approximate surface area is 198 Å². The number of nitrogens with zero attached hydrogens (tertiary/aromatic N) is 1. The molecule has 2 aliphatic rings. The molecule has 34 heavy (non-hydrogen) atoms. The van der Waals surface area contributed by atoms with Crippen LogP contribution in [0.2, 0.25) is 0 Å². The van der Waals surface area contributed by atoms with Crippen LogP contribution in [0.5, 0.6) is 5.75 Å². The number of rotatable bonds is 8. The van der Waals surface area contributed by atoms with Crippen molar-refractivity contribution < 1.29 is 24.2 Å². The number of hydrogen-bond donors (Lipinski definition) is 1. The minimum atomic E-state index is -0.985. The summed E-state index contributed by atoms with van der Waals surface area (Å²) in [7, 11) is 0. The summed E-state index contributed by atoms with van der Waals surface area (Å²) in [5.41, 5.74) is 3.79. The maximum absolute atomic E-state index is 13.2.